The number of unbranched alkanes of at least 4 members (excludes halogenated alkanes) is 2. The molecule has 3 aromatic carbocycles. The maximum Gasteiger partial charge on any atom is 1.00 e. The number of Topliss-reactive ketones (excluding diaryl/α,β-unsaturated/α-hetero) is 1. The first-order valence-electron chi connectivity index (χ1n) is 11.5. The summed E-state index contributed by atoms with van der Waals surface area (Å²) in [6.07, 6.45) is 4.84. The van der Waals surface area contributed by atoms with Gasteiger partial charge in [0, 0.05) is 35.5 Å². The Morgan fingerprint density at radius 3 is 2.46 bits per heavy atom. The van der Waals surface area contributed by atoms with Gasteiger partial charge in [-0.2, -0.15) is 0 Å². The number of carboxylic acid groups (broad SMARTS) is 1. The molecule has 4 rings (SSSR count). The molecule has 1 aliphatic rings. The number of carbonyl (C=O) groups excluding carboxylic acids is 2. The van der Waals surface area contributed by atoms with E-state index in [1.807, 2.05) is 18.2 Å². The third kappa shape index (κ3) is 7.34. The summed E-state index contributed by atoms with van der Waals surface area (Å²) in [6, 6.07) is 20.5. The number of fused-ring (bicyclic) bond motifs is 1. The second kappa shape index (κ2) is 13.1. The number of carboxylic acids is 1. The van der Waals surface area contributed by atoms with E-state index in [9.17, 15) is 14.7 Å². The fourth-order valence-electron chi connectivity index (χ4n) is 4.13. The summed E-state index contributed by atoms with van der Waals surface area (Å²) >= 11 is 6.34. The summed E-state index contributed by atoms with van der Waals surface area (Å²) in [5.74, 6) is -0.478. The van der Waals surface area contributed by atoms with Crippen LogP contribution in [0.5, 0.6) is 17.2 Å². The van der Waals surface area contributed by atoms with E-state index in [2.05, 4.69) is 12.1 Å². The van der Waals surface area contributed by atoms with Crippen LogP contribution in [0.25, 0.3) is 0 Å². The zero-order chi connectivity index (χ0) is 23.9. The minimum atomic E-state index is -1.15. The normalized spacial score (nSPS) is 14.3. The Labute approximate surface area is 232 Å². The molecular weight excluding hydrogens is 475 g/mol. The summed E-state index contributed by atoms with van der Waals surface area (Å²) in [4.78, 5) is 23.9. The van der Waals surface area contributed by atoms with Crippen LogP contribution in [-0.4, -0.2) is 18.4 Å². The summed E-state index contributed by atoms with van der Waals surface area (Å²) in [5, 5.41) is 11.7. The monoisotopic (exact) mass is 500 g/mol. The van der Waals surface area contributed by atoms with Crippen LogP contribution in [0.2, 0.25) is 5.02 Å². The van der Waals surface area contributed by atoms with Crippen LogP contribution in [-0.2, 0) is 11.2 Å². The van der Waals surface area contributed by atoms with Gasteiger partial charge in [-0.3, -0.25) is 4.79 Å². The van der Waals surface area contributed by atoms with Crippen molar-refractivity contribution < 1.29 is 53.7 Å². The van der Waals surface area contributed by atoms with Crippen molar-refractivity contribution in [2.24, 2.45) is 0 Å². The second-order valence-electron chi connectivity index (χ2n) is 8.43. The van der Waals surface area contributed by atoms with E-state index in [1.54, 1.807) is 36.4 Å². The maximum atomic E-state index is 12.5. The molecule has 7 heteroatoms. The molecule has 0 spiro atoms. The van der Waals surface area contributed by atoms with Crippen molar-refractivity contribution in [3.8, 4) is 17.2 Å². The average Bonchev–Trinajstić information content (AvgIpc) is 2.85. The number of halogens is 1. The van der Waals surface area contributed by atoms with Crippen LogP contribution in [0.15, 0.2) is 66.7 Å². The Kier molecular flexibility index (Phi) is 10.2. The van der Waals surface area contributed by atoms with Crippen LogP contribution < -0.4 is 44.1 Å². The molecule has 1 heterocycles. The maximum absolute atomic E-state index is 12.5. The first kappa shape index (κ1) is 27.3. The fourth-order valence-corrected chi connectivity index (χ4v) is 4.34. The van der Waals surface area contributed by atoms with E-state index >= 15 is 0 Å². The van der Waals surface area contributed by atoms with Crippen molar-refractivity contribution in [2.45, 2.75) is 44.4 Å². The molecule has 0 bridgehead atoms. The van der Waals surface area contributed by atoms with Crippen LogP contribution in [0.4, 0.5) is 0 Å². The standard InChI is InChI=1S/C28H27ClO5.Na/c29-24-17-23-22(28(31)32)15-16-33-26(23)18-27(24)34-21-13-11-20(12-14-21)25(30)10-6-2-5-9-19-7-3-1-4-8-19;/h1,3-4,7-8,11-14,17-18,22H,2,5-6,9-10,15-16H2,(H,31,32);/q;+1/p-1. The Morgan fingerprint density at radius 2 is 1.74 bits per heavy atom. The molecule has 5 nitrogen and oxygen atoms in total. The first-order valence-corrected chi connectivity index (χ1v) is 11.9. The number of hydrogen-bond donors (Lipinski definition) is 0. The van der Waals surface area contributed by atoms with Gasteiger partial charge in [-0.15, -0.1) is 0 Å². The van der Waals surface area contributed by atoms with E-state index in [0.717, 1.165) is 25.7 Å². The smallest absolute Gasteiger partial charge is 0.549 e. The van der Waals surface area contributed by atoms with Crippen LogP contribution in [0, 0.1) is 0 Å². The second-order valence-corrected chi connectivity index (χ2v) is 8.83. The van der Waals surface area contributed by atoms with Gasteiger partial charge in [-0.05, 0) is 61.6 Å². The van der Waals surface area contributed by atoms with Crippen molar-refractivity contribution in [3.05, 3.63) is 88.4 Å². The quantitative estimate of drug-likeness (QED) is 0.243. The predicted molar refractivity (Wildman–Crippen MR) is 129 cm³/mol. The number of benzene rings is 3. The minimum Gasteiger partial charge on any atom is -0.549 e. The molecule has 0 radical (unpaired) electrons. The summed E-state index contributed by atoms with van der Waals surface area (Å²) in [5.41, 5.74) is 2.47. The SMILES string of the molecule is O=C(CCCCCc1ccccc1)c1ccc(Oc2cc3c(cc2Cl)C(C(=O)[O-])CCO3)cc1.[Na+]. The van der Waals surface area contributed by atoms with Crippen molar-refractivity contribution in [1.82, 2.24) is 0 Å². The third-order valence-corrected chi connectivity index (χ3v) is 6.30. The van der Waals surface area contributed by atoms with Crippen molar-refractivity contribution >= 4 is 23.4 Å². The molecule has 1 atom stereocenters. The number of rotatable bonds is 10. The van der Waals surface area contributed by atoms with Gasteiger partial charge in [0.05, 0.1) is 11.6 Å². The summed E-state index contributed by atoms with van der Waals surface area (Å²) in [7, 11) is 0. The molecule has 0 saturated heterocycles. The van der Waals surface area contributed by atoms with E-state index < -0.39 is 11.9 Å². The zero-order valence-corrected chi connectivity index (χ0v) is 22.6. The van der Waals surface area contributed by atoms with E-state index in [1.165, 1.54) is 5.56 Å². The van der Waals surface area contributed by atoms with Crippen molar-refractivity contribution in [2.75, 3.05) is 6.61 Å². The molecule has 1 aliphatic heterocycles. The van der Waals surface area contributed by atoms with E-state index in [0.29, 0.717) is 41.2 Å². The first-order chi connectivity index (χ1) is 16.5. The molecule has 0 aliphatic carbocycles. The minimum absolute atomic E-state index is 0. The molecule has 35 heavy (non-hydrogen) atoms. The number of hydrogen-bond acceptors (Lipinski definition) is 5. The van der Waals surface area contributed by atoms with Crippen molar-refractivity contribution in [1.29, 1.82) is 0 Å². The van der Waals surface area contributed by atoms with E-state index in [-0.39, 0.29) is 47.0 Å². The number of carbonyl (C=O) groups is 2. The van der Waals surface area contributed by atoms with Crippen LogP contribution in [0.1, 0.15) is 59.5 Å². The Morgan fingerprint density at radius 1 is 1.00 bits per heavy atom. The number of aryl methyl sites for hydroxylation is 1. The molecule has 0 saturated carbocycles. The number of ether oxygens (including phenoxy) is 2. The number of ketones is 1. The Balaban J connectivity index is 0.00000342. The molecule has 1 unspecified atom stereocenters. The molecule has 3 aromatic rings. The third-order valence-electron chi connectivity index (χ3n) is 6.00. The molecule has 0 fully saturated rings. The van der Waals surface area contributed by atoms with Crippen LogP contribution in [0.3, 0.4) is 0 Å². The summed E-state index contributed by atoms with van der Waals surface area (Å²) < 4.78 is 11.5. The van der Waals surface area contributed by atoms with Gasteiger partial charge in [-0.25, -0.2) is 0 Å². The van der Waals surface area contributed by atoms with Gasteiger partial charge in [0.2, 0.25) is 0 Å². The largest absolute Gasteiger partial charge is 1.00 e. The Bertz CT molecular complexity index is 1150. The predicted octanol–water partition coefficient (Wildman–Crippen LogP) is 2.74. The molecule has 0 amide bonds. The Hall–Kier alpha value is -2.31. The fraction of sp³-hybridized carbons (Fsp3) is 0.286. The van der Waals surface area contributed by atoms with Gasteiger partial charge >= 0.3 is 29.6 Å². The summed E-state index contributed by atoms with van der Waals surface area (Å²) in [6.45, 7) is 0.287. The van der Waals surface area contributed by atoms with Crippen molar-refractivity contribution in [3.63, 3.8) is 0 Å². The van der Waals surface area contributed by atoms with Gasteiger partial charge < -0.3 is 19.4 Å². The topological polar surface area (TPSA) is 75.7 Å². The molecule has 176 valence electrons. The van der Waals surface area contributed by atoms with Gasteiger partial charge in [0.15, 0.2) is 5.78 Å². The van der Waals surface area contributed by atoms with Gasteiger partial charge in [-0.1, -0.05) is 48.4 Å². The number of aliphatic carboxylic acids is 1. The molecule has 0 N–H and O–H groups in total. The van der Waals surface area contributed by atoms with Gasteiger partial charge in [0.25, 0.3) is 0 Å². The van der Waals surface area contributed by atoms with Gasteiger partial charge in [0.1, 0.15) is 17.2 Å². The van der Waals surface area contributed by atoms with Crippen LogP contribution >= 0.6 is 11.6 Å². The van der Waals surface area contributed by atoms with E-state index in [4.69, 9.17) is 21.1 Å². The molecular formula is C28H26ClNaO5. The molecule has 0 aromatic heterocycles. The average molecular weight is 501 g/mol. The zero-order valence-electron chi connectivity index (χ0n) is 19.8.